The van der Waals surface area contributed by atoms with Crippen LogP contribution in [0.1, 0.15) is 19.3 Å². The molecule has 0 saturated carbocycles. The molecule has 2 rings (SSSR count). The van der Waals surface area contributed by atoms with E-state index in [9.17, 15) is 4.79 Å². The van der Waals surface area contributed by atoms with Crippen molar-refractivity contribution in [1.82, 2.24) is 5.32 Å². The maximum Gasteiger partial charge on any atom is 0.223 e. The van der Waals surface area contributed by atoms with E-state index >= 15 is 0 Å². The predicted molar refractivity (Wildman–Crippen MR) is 77.5 cm³/mol. The maximum atomic E-state index is 11.6. The molecule has 1 aromatic carbocycles. The third-order valence-electron chi connectivity index (χ3n) is 3.38. The third-order valence-corrected chi connectivity index (χ3v) is 3.38. The molecule has 5 heteroatoms. The Balaban J connectivity index is 1.54. The van der Waals surface area contributed by atoms with Crippen LogP contribution in [0.5, 0.6) is 5.75 Å². The maximum absolute atomic E-state index is 11.6. The Labute approximate surface area is 119 Å². The number of nitrogen functional groups attached to an aromatic ring is 1. The molecular weight excluding hydrogens is 256 g/mol. The van der Waals surface area contributed by atoms with E-state index < -0.39 is 0 Å². The average molecular weight is 278 g/mol. The van der Waals surface area contributed by atoms with E-state index in [1.54, 1.807) is 24.3 Å². The molecule has 1 atom stereocenters. The monoisotopic (exact) mass is 278 g/mol. The fourth-order valence-corrected chi connectivity index (χ4v) is 2.14. The normalized spacial score (nSPS) is 17.9. The first-order valence-electron chi connectivity index (χ1n) is 7.07. The van der Waals surface area contributed by atoms with Crippen LogP contribution in [0.2, 0.25) is 0 Å². The van der Waals surface area contributed by atoms with Gasteiger partial charge in [0.2, 0.25) is 5.91 Å². The molecule has 5 nitrogen and oxygen atoms in total. The molecule has 0 bridgehead atoms. The minimum absolute atomic E-state index is 0.0272. The number of carbonyl (C=O) groups is 1. The zero-order valence-corrected chi connectivity index (χ0v) is 11.6. The van der Waals surface area contributed by atoms with Gasteiger partial charge in [0, 0.05) is 25.4 Å². The second-order valence-electron chi connectivity index (χ2n) is 5.04. The Morgan fingerprint density at radius 3 is 2.90 bits per heavy atom. The van der Waals surface area contributed by atoms with Crippen molar-refractivity contribution in [3.05, 3.63) is 24.3 Å². The molecule has 1 aromatic rings. The zero-order valence-electron chi connectivity index (χ0n) is 11.6. The van der Waals surface area contributed by atoms with Gasteiger partial charge < -0.3 is 20.5 Å². The smallest absolute Gasteiger partial charge is 0.223 e. The Morgan fingerprint density at radius 2 is 2.20 bits per heavy atom. The Hall–Kier alpha value is -1.75. The summed E-state index contributed by atoms with van der Waals surface area (Å²) in [5.41, 5.74) is 6.28. The molecule has 1 amide bonds. The second-order valence-corrected chi connectivity index (χ2v) is 5.04. The van der Waals surface area contributed by atoms with Crippen molar-refractivity contribution >= 4 is 11.6 Å². The summed E-state index contributed by atoms with van der Waals surface area (Å²) < 4.78 is 10.8. The number of anilines is 1. The lowest BCUT2D eigenvalue weighted by atomic mass is 10.1. The number of nitrogens with one attached hydrogen (secondary N) is 1. The van der Waals surface area contributed by atoms with Crippen LogP contribution in [0.15, 0.2) is 24.3 Å². The lowest BCUT2D eigenvalue weighted by Crippen LogP contribution is -2.27. The summed E-state index contributed by atoms with van der Waals surface area (Å²) in [6.45, 7) is 2.78. The molecule has 1 saturated heterocycles. The lowest BCUT2D eigenvalue weighted by Gasteiger charge is -2.09. The highest BCUT2D eigenvalue weighted by atomic mass is 16.5. The number of hydrogen-bond donors (Lipinski definition) is 2. The van der Waals surface area contributed by atoms with Gasteiger partial charge in [-0.3, -0.25) is 4.79 Å². The predicted octanol–water partition coefficient (Wildman–Crippen LogP) is 1.58. The van der Waals surface area contributed by atoms with Crippen LogP contribution in [0.3, 0.4) is 0 Å². The van der Waals surface area contributed by atoms with Crippen molar-refractivity contribution in [3.8, 4) is 5.75 Å². The van der Waals surface area contributed by atoms with Crippen LogP contribution in [0.25, 0.3) is 0 Å². The summed E-state index contributed by atoms with van der Waals surface area (Å²) >= 11 is 0. The number of rotatable bonds is 7. The van der Waals surface area contributed by atoms with E-state index in [0.717, 1.165) is 31.8 Å². The third kappa shape index (κ3) is 5.09. The standard InChI is InChI=1S/C15H22N2O3/c16-13-1-3-14(4-2-13)20-10-7-15(18)17-8-5-12-6-9-19-11-12/h1-4,12H,5-11,16H2,(H,17,18). The van der Waals surface area contributed by atoms with E-state index in [0.29, 0.717) is 31.2 Å². The molecule has 20 heavy (non-hydrogen) atoms. The van der Waals surface area contributed by atoms with Gasteiger partial charge in [-0.2, -0.15) is 0 Å². The molecule has 0 spiro atoms. The molecule has 3 N–H and O–H groups in total. The number of ether oxygens (including phenoxy) is 2. The van der Waals surface area contributed by atoms with Crippen molar-refractivity contribution in [2.75, 3.05) is 32.1 Å². The number of benzene rings is 1. The molecule has 1 aliphatic heterocycles. The summed E-state index contributed by atoms with van der Waals surface area (Å²) in [7, 11) is 0. The number of nitrogens with two attached hydrogens (primary N) is 1. The van der Waals surface area contributed by atoms with E-state index in [1.165, 1.54) is 0 Å². The van der Waals surface area contributed by atoms with Gasteiger partial charge in [-0.1, -0.05) is 0 Å². The van der Waals surface area contributed by atoms with Gasteiger partial charge >= 0.3 is 0 Å². The lowest BCUT2D eigenvalue weighted by molar-refractivity contribution is -0.121. The zero-order chi connectivity index (χ0) is 14.2. The molecule has 0 aliphatic carbocycles. The quantitative estimate of drug-likeness (QED) is 0.743. The van der Waals surface area contributed by atoms with Crippen molar-refractivity contribution in [3.63, 3.8) is 0 Å². The van der Waals surface area contributed by atoms with Gasteiger partial charge in [0.25, 0.3) is 0 Å². The van der Waals surface area contributed by atoms with Crippen molar-refractivity contribution in [2.45, 2.75) is 19.3 Å². The van der Waals surface area contributed by atoms with Crippen LogP contribution in [0, 0.1) is 5.92 Å². The van der Waals surface area contributed by atoms with Crippen LogP contribution < -0.4 is 15.8 Å². The van der Waals surface area contributed by atoms with E-state index in [2.05, 4.69) is 5.32 Å². The highest BCUT2D eigenvalue weighted by Gasteiger charge is 2.15. The number of carbonyl (C=O) groups excluding carboxylic acids is 1. The first-order chi connectivity index (χ1) is 9.74. The minimum atomic E-state index is 0.0272. The van der Waals surface area contributed by atoms with Gasteiger partial charge in [-0.15, -0.1) is 0 Å². The van der Waals surface area contributed by atoms with Crippen molar-refractivity contribution in [2.24, 2.45) is 5.92 Å². The Morgan fingerprint density at radius 1 is 1.40 bits per heavy atom. The number of hydrogen-bond acceptors (Lipinski definition) is 4. The summed E-state index contributed by atoms with van der Waals surface area (Å²) in [5, 5.41) is 2.91. The largest absolute Gasteiger partial charge is 0.493 e. The van der Waals surface area contributed by atoms with Crippen LogP contribution >= 0.6 is 0 Å². The Kier molecular flexibility index (Phi) is 5.68. The second kappa shape index (κ2) is 7.75. The summed E-state index contributed by atoms with van der Waals surface area (Å²) in [6, 6.07) is 7.15. The molecule has 110 valence electrons. The van der Waals surface area contributed by atoms with Gasteiger partial charge in [-0.25, -0.2) is 0 Å². The van der Waals surface area contributed by atoms with Gasteiger partial charge in [0.15, 0.2) is 0 Å². The summed E-state index contributed by atoms with van der Waals surface area (Å²) in [4.78, 5) is 11.6. The van der Waals surface area contributed by atoms with Gasteiger partial charge in [0.05, 0.1) is 13.0 Å². The number of amides is 1. The van der Waals surface area contributed by atoms with Gasteiger partial charge in [0.1, 0.15) is 5.75 Å². The topological polar surface area (TPSA) is 73.6 Å². The minimum Gasteiger partial charge on any atom is -0.493 e. The highest BCUT2D eigenvalue weighted by Crippen LogP contribution is 2.15. The summed E-state index contributed by atoms with van der Waals surface area (Å²) in [6.07, 6.45) is 2.46. The highest BCUT2D eigenvalue weighted by molar-refractivity contribution is 5.75. The average Bonchev–Trinajstić information content (AvgIpc) is 2.94. The molecule has 1 fully saturated rings. The first kappa shape index (κ1) is 14.7. The van der Waals surface area contributed by atoms with Crippen molar-refractivity contribution in [1.29, 1.82) is 0 Å². The molecular formula is C15H22N2O3. The van der Waals surface area contributed by atoms with E-state index in [4.69, 9.17) is 15.2 Å². The molecule has 1 heterocycles. The molecule has 0 radical (unpaired) electrons. The Bertz CT molecular complexity index is 414. The first-order valence-corrected chi connectivity index (χ1v) is 7.07. The van der Waals surface area contributed by atoms with Crippen LogP contribution in [-0.4, -0.2) is 32.3 Å². The molecule has 0 aromatic heterocycles. The SMILES string of the molecule is Nc1ccc(OCCC(=O)NCCC2CCOC2)cc1. The summed E-state index contributed by atoms with van der Waals surface area (Å²) in [5.74, 6) is 1.36. The van der Waals surface area contributed by atoms with Crippen LogP contribution in [0.4, 0.5) is 5.69 Å². The fraction of sp³-hybridized carbons (Fsp3) is 0.533. The fourth-order valence-electron chi connectivity index (χ4n) is 2.14. The van der Waals surface area contributed by atoms with E-state index in [-0.39, 0.29) is 5.91 Å². The van der Waals surface area contributed by atoms with Gasteiger partial charge in [-0.05, 0) is 43.0 Å². The van der Waals surface area contributed by atoms with E-state index in [1.807, 2.05) is 0 Å². The van der Waals surface area contributed by atoms with Crippen molar-refractivity contribution < 1.29 is 14.3 Å². The van der Waals surface area contributed by atoms with Crippen LogP contribution in [-0.2, 0) is 9.53 Å². The molecule has 1 aliphatic rings. The molecule has 1 unspecified atom stereocenters.